The van der Waals surface area contributed by atoms with E-state index in [-0.39, 0.29) is 6.10 Å². The second-order valence-electron chi connectivity index (χ2n) is 11.7. The third-order valence-corrected chi connectivity index (χ3v) is 9.90. The predicted octanol–water partition coefficient (Wildman–Crippen LogP) is 7.45. The van der Waals surface area contributed by atoms with Gasteiger partial charge in [-0.3, -0.25) is 0 Å². The summed E-state index contributed by atoms with van der Waals surface area (Å²) in [7, 11) is 0. The highest BCUT2D eigenvalue weighted by molar-refractivity contribution is 5.34. The lowest BCUT2D eigenvalue weighted by molar-refractivity contribution is 0.0133. The summed E-state index contributed by atoms with van der Waals surface area (Å²) in [5.41, 5.74) is 6.19. The van der Waals surface area contributed by atoms with Crippen molar-refractivity contribution in [2.45, 2.75) is 111 Å². The summed E-state index contributed by atoms with van der Waals surface area (Å²) in [4.78, 5) is 0. The molecule has 1 N–H and O–H groups in total. The molecule has 4 rings (SSSR count). The number of aliphatic hydroxyl groups is 1. The summed E-state index contributed by atoms with van der Waals surface area (Å²) in [5.74, 6) is 3.36. The standard InChI is InChI=1S/C27H44O/c1-18(2)7-6-8-19(3)23-11-12-24-22-10-9-20-17-21(28)13-15-26(20,4)25(22)14-16-27(23,24)5/h7,19-21,23-24,28H,6,8-17H2,1-5H3/t19?,20?,21-,23?,24?,26-,27+/m0/s1. The van der Waals surface area contributed by atoms with Crippen LogP contribution in [-0.2, 0) is 0 Å². The van der Waals surface area contributed by atoms with E-state index in [9.17, 15) is 5.11 Å². The lowest BCUT2D eigenvalue weighted by Crippen LogP contribution is -2.45. The highest BCUT2D eigenvalue weighted by atomic mass is 16.3. The van der Waals surface area contributed by atoms with E-state index in [2.05, 4.69) is 40.7 Å². The van der Waals surface area contributed by atoms with E-state index < -0.39 is 0 Å². The highest BCUT2D eigenvalue weighted by Gasteiger charge is 2.55. The molecule has 158 valence electrons. The van der Waals surface area contributed by atoms with E-state index in [0.717, 1.165) is 36.5 Å². The van der Waals surface area contributed by atoms with Crippen LogP contribution in [0.1, 0.15) is 105 Å². The van der Waals surface area contributed by atoms with Gasteiger partial charge in [0.1, 0.15) is 0 Å². The monoisotopic (exact) mass is 384 g/mol. The van der Waals surface area contributed by atoms with Gasteiger partial charge >= 0.3 is 0 Å². The van der Waals surface area contributed by atoms with Crippen molar-refractivity contribution in [3.63, 3.8) is 0 Å². The molecule has 2 fully saturated rings. The Labute approximate surface area is 174 Å². The van der Waals surface area contributed by atoms with Gasteiger partial charge < -0.3 is 5.11 Å². The lowest BCUT2D eigenvalue weighted by Gasteiger charge is -2.55. The second kappa shape index (κ2) is 7.60. The van der Waals surface area contributed by atoms with Crippen LogP contribution < -0.4 is 0 Å². The summed E-state index contributed by atoms with van der Waals surface area (Å²) in [6.45, 7) is 12.2. The van der Waals surface area contributed by atoms with Crippen LogP contribution in [0.25, 0.3) is 0 Å². The summed E-state index contributed by atoms with van der Waals surface area (Å²) >= 11 is 0. The first kappa shape index (κ1) is 20.7. The first-order valence-electron chi connectivity index (χ1n) is 12.3. The van der Waals surface area contributed by atoms with Gasteiger partial charge in [-0.1, -0.05) is 43.6 Å². The van der Waals surface area contributed by atoms with Gasteiger partial charge in [-0.05, 0) is 119 Å². The zero-order chi connectivity index (χ0) is 20.1. The molecule has 7 atom stereocenters. The van der Waals surface area contributed by atoms with Crippen LogP contribution in [0.3, 0.4) is 0 Å². The molecule has 0 aromatic carbocycles. The normalized spacial score (nSPS) is 43.8. The smallest absolute Gasteiger partial charge is 0.0543 e. The molecule has 1 heteroatoms. The van der Waals surface area contributed by atoms with E-state index in [4.69, 9.17) is 0 Å². The molecular weight excluding hydrogens is 340 g/mol. The molecular formula is C27H44O. The largest absolute Gasteiger partial charge is 0.393 e. The van der Waals surface area contributed by atoms with Gasteiger partial charge in [-0.2, -0.15) is 0 Å². The first-order chi connectivity index (χ1) is 13.3. The van der Waals surface area contributed by atoms with Crippen molar-refractivity contribution in [2.24, 2.45) is 34.5 Å². The molecule has 0 aliphatic heterocycles. The van der Waals surface area contributed by atoms with Crippen LogP contribution in [0.4, 0.5) is 0 Å². The van der Waals surface area contributed by atoms with Crippen molar-refractivity contribution in [1.29, 1.82) is 0 Å². The number of allylic oxidation sites excluding steroid dienone is 4. The van der Waals surface area contributed by atoms with Gasteiger partial charge in [0, 0.05) is 0 Å². The highest BCUT2D eigenvalue weighted by Crippen LogP contribution is 2.65. The molecule has 0 radical (unpaired) electrons. The molecule has 4 aliphatic rings. The Morgan fingerprint density at radius 3 is 2.64 bits per heavy atom. The molecule has 0 aromatic heterocycles. The van der Waals surface area contributed by atoms with Gasteiger partial charge in [0.2, 0.25) is 0 Å². The minimum absolute atomic E-state index is 0.0356. The zero-order valence-corrected chi connectivity index (χ0v) is 19.2. The Morgan fingerprint density at radius 1 is 1.11 bits per heavy atom. The molecule has 0 aromatic rings. The Balaban J connectivity index is 1.55. The summed E-state index contributed by atoms with van der Waals surface area (Å²) in [5, 5.41) is 10.2. The minimum atomic E-state index is -0.0356. The SMILES string of the molecule is CC(C)=CCCC(C)C1CCC2C3=C(CC[C@@]21C)[C@@]1(C)CC[C@H](O)CC1CC3. The average molecular weight is 385 g/mol. The second-order valence-corrected chi connectivity index (χ2v) is 11.7. The van der Waals surface area contributed by atoms with E-state index in [1.54, 1.807) is 0 Å². The molecule has 4 aliphatic carbocycles. The summed E-state index contributed by atoms with van der Waals surface area (Å²) in [6, 6.07) is 0. The van der Waals surface area contributed by atoms with E-state index in [0.29, 0.717) is 10.8 Å². The van der Waals surface area contributed by atoms with Crippen LogP contribution in [0.5, 0.6) is 0 Å². The Morgan fingerprint density at radius 2 is 1.89 bits per heavy atom. The number of rotatable bonds is 4. The maximum atomic E-state index is 10.2. The molecule has 0 heterocycles. The molecule has 0 bridgehead atoms. The maximum absolute atomic E-state index is 10.2. The number of fused-ring (bicyclic) bond motifs is 4. The first-order valence-corrected chi connectivity index (χ1v) is 12.3. The Kier molecular flexibility index (Phi) is 5.62. The zero-order valence-electron chi connectivity index (χ0n) is 19.2. The summed E-state index contributed by atoms with van der Waals surface area (Å²) in [6.07, 6.45) is 16.7. The molecule has 28 heavy (non-hydrogen) atoms. The van der Waals surface area contributed by atoms with Crippen molar-refractivity contribution >= 4 is 0 Å². The van der Waals surface area contributed by atoms with Gasteiger partial charge in [-0.25, -0.2) is 0 Å². The van der Waals surface area contributed by atoms with Gasteiger partial charge in [0.15, 0.2) is 0 Å². The van der Waals surface area contributed by atoms with Gasteiger partial charge in [-0.15, -0.1) is 0 Å². The van der Waals surface area contributed by atoms with Crippen molar-refractivity contribution in [3.05, 3.63) is 22.8 Å². The fourth-order valence-electron chi connectivity index (χ4n) is 8.25. The number of hydrogen-bond acceptors (Lipinski definition) is 1. The fraction of sp³-hybridized carbons (Fsp3) is 0.852. The van der Waals surface area contributed by atoms with E-state index in [1.807, 2.05) is 11.1 Å². The summed E-state index contributed by atoms with van der Waals surface area (Å²) < 4.78 is 0. The van der Waals surface area contributed by atoms with E-state index >= 15 is 0 Å². The fourth-order valence-corrected chi connectivity index (χ4v) is 8.25. The van der Waals surface area contributed by atoms with E-state index in [1.165, 1.54) is 63.4 Å². The topological polar surface area (TPSA) is 20.2 Å². The molecule has 0 amide bonds. The molecule has 1 nitrogen and oxygen atoms in total. The molecule has 4 unspecified atom stereocenters. The van der Waals surface area contributed by atoms with Crippen molar-refractivity contribution < 1.29 is 5.11 Å². The molecule has 2 saturated carbocycles. The van der Waals surface area contributed by atoms with Crippen LogP contribution in [-0.4, -0.2) is 11.2 Å². The quantitative estimate of drug-likeness (QED) is 0.499. The van der Waals surface area contributed by atoms with Crippen LogP contribution in [0.15, 0.2) is 22.8 Å². The third-order valence-electron chi connectivity index (χ3n) is 9.90. The molecule has 0 spiro atoms. The average Bonchev–Trinajstić information content (AvgIpc) is 2.99. The van der Waals surface area contributed by atoms with Gasteiger partial charge in [0.05, 0.1) is 6.10 Å². The maximum Gasteiger partial charge on any atom is 0.0543 e. The number of aliphatic hydroxyl groups excluding tert-OH is 1. The van der Waals surface area contributed by atoms with Crippen molar-refractivity contribution in [3.8, 4) is 0 Å². The van der Waals surface area contributed by atoms with Crippen LogP contribution in [0.2, 0.25) is 0 Å². The lowest BCUT2D eigenvalue weighted by atomic mass is 9.50. The van der Waals surface area contributed by atoms with Crippen molar-refractivity contribution in [2.75, 3.05) is 0 Å². The van der Waals surface area contributed by atoms with Crippen LogP contribution >= 0.6 is 0 Å². The Bertz CT molecular complexity index is 653. The van der Waals surface area contributed by atoms with Crippen LogP contribution in [0, 0.1) is 34.5 Å². The minimum Gasteiger partial charge on any atom is -0.393 e. The Hall–Kier alpha value is -0.560. The number of hydrogen-bond donors (Lipinski definition) is 1. The third kappa shape index (κ3) is 3.34. The van der Waals surface area contributed by atoms with Gasteiger partial charge in [0.25, 0.3) is 0 Å². The van der Waals surface area contributed by atoms with Crippen molar-refractivity contribution in [1.82, 2.24) is 0 Å². The predicted molar refractivity (Wildman–Crippen MR) is 119 cm³/mol. The molecule has 0 saturated heterocycles.